The van der Waals surface area contributed by atoms with Crippen LogP contribution in [-0.2, 0) is 29.0 Å². The number of carbonyl (C=O) groups excluding carboxylic acids is 1. The molecule has 170 valence electrons. The van der Waals surface area contributed by atoms with Crippen molar-refractivity contribution in [3.63, 3.8) is 0 Å². The highest BCUT2D eigenvalue weighted by molar-refractivity contribution is 6.30. The molecule has 0 bridgehead atoms. The third-order valence-corrected chi connectivity index (χ3v) is 5.83. The fourth-order valence-electron chi connectivity index (χ4n) is 3.92. The van der Waals surface area contributed by atoms with Gasteiger partial charge in [-0.2, -0.15) is 0 Å². The topological polar surface area (TPSA) is 85.4 Å². The van der Waals surface area contributed by atoms with Gasteiger partial charge in [-0.3, -0.25) is 9.69 Å². The molecule has 0 unspecified atom stereocenters. The van der Waals surface area contributed by atoms with Crippen molar-refractivity contribution in [2.24, 2.45) is 0 Å². The van der Waals surface area contributed by atoms with Gasteiger partial charge in [0, 0.05) is 50.2 Å². The Morgan fingerprint density at radius 1 is 1.25 bits per heavy atom. The highest BCUT2D eigenvalue weighted by Crippen LogP contribution is 2.26. The van der Waals surface area contributed by atoms with Gasteiger partial charge in [0.25, 0.3) is 0 Å². The summed E-state index contributed by atoms with van der Waals surface area (Å²) in [6.07, 6.45) is 1.12. The smallest absolute Gasteiger partial charge is 0.222 e. The van der Waals surface area contributed by atoms with E-state index < -0.39 is 0 Å². The molecule has 3 aromatic rings. The van der Waals surface area contributed by atoms with E-state index in [0.717, 1.165) is 61.3 Å². The summed E-state index contributed by atoms with van der Waals surface area (Å²) in [6.45, 7) is 5.52. The number of amides is 1. The van der Waals surface area contributed by atoms with Crippen LogP contribution in [-0.4, -0.2) is 52.4 Å². The molecule has 1 aliphatic rings. The maximum Gasteiger partial charge on any atom is 0.222 e. The van der Waals surface area contributed by atoms with Crippen LogP contribution in [0.25, 0.3) is 11.3 Å². The molecule has 0 aliphatic carbocycles. The Kier molecular flexibility index (Phi) is 7.24. The predicted molar refractivity (Wildman–Crippen MR) is 121 cm³/mol. The number of halogens is 1. The molecule has 1 amide bonds. The van der Waals surface area contributed by atoms with Crippen LogP contribution in [0, 0.1) is 0 Å². The number of nitrogens with zero attached hydrogens (tertiary/aromatic N) is 4. The second-order valence-electron chi connectivity index (χ2n) is 7.96. The van der Waals surface area contributed by atoms with Gasteiger partial charge in [-0.1, -0.05) is 23.7 Å². The number of carbonyl (C=O) groups is 1. The third-order valence-electron chi connectivity index (χ3n) is 5.60. The van der Waals surface area contributed by atoms with E-state index in [9.17, 15) is 4.79 Å². The predicted octanol–water partition coefficient (Wildman–Crippen LogP) is 3.46. The zero-order chi connectivity index (χ0) is 22.5. The summed E-state index contributed by atoms with van der Waals surface area (Å²) in [7, 11) is 1.58. The monoisotopic (exact) mass is 457 g/mol. The molecule has 4 rings (SSSR count). The molecule has 2 aromatic heterocycles. The first-order valence-corrected chi connectivity index (χ1v) is 11.2. The molecule has 1 aromatic carbocycles. The van der Waals surface area contributed by atoms with Gasteiger partial charge in [0.15, 0.2) is 5.82 Å². The zero-order valence-electron chi connectivity index (χ0n) is 18.4. The van der Waals surface area contributed by atoms with E-state index in [1.807, 2.05) is 43.3 Å². The minimum absolute atomic E-state index is 0.0553. The second-order valence-corrected chi connectivity index (χ2v) is 8.40. The second kappa shape index (κ2) is 10.3. The fourth-order valence-corrected chi connectivity index (χ4v) is 4.11. The maximum atomic E-state index is 12.0. The van der Waals surface area contributed by atoms with Crippen LogP contribution in [0.4, 0.5) is 0 Å². The Labute approximate surface area is 192 Å². The number of furan rings is 1. The largest absolute Gasteiger partial charge is 0.460 e. The van der Waals surface area contributed by atoms with Crippen LogP contribution in [0.3, 0.4) is 0 Å². The van der Waals surface area contributed by atoms with E-state index in [4.69, 9.17) is 20.8 Å². The van der Waals surface area contributed by atoms with E-state index in [0.29, 0.717) is 18.1 Å². The molecule has 1 atom stereocenters. The van der Waals surface area contributed by atoms with Crippen molar-refractivity contribution in [1.82, 2.24) is 25.0 Å². The molecular formula is C23H28ClN5O3. The lowest BCUT2D eigenvalue weighted by atomic mass is 10.2. The number of aromatic nitrogens is 3. The molecular weight excluding hydrogens is 430 g/mol. The first-order chi connectivity index (χ1) is 15.5. The third kappa shape index (κ3) is 5.38. The SMILES string of the molecule is COCCC(=O)N[C@@H](C)c1nnc2n1CCN(Cc1ccc(-c3cccc(Cl)c3)o1)CC2. The van der Waals surface area contributed by atoms with Crippen molar-refractivity contribution in [2.45, 2.75) is 38.9 Å². The number of ether oxygens (including phenoxy) is 1. The molecule has 0 fully saturated rings. The van der Waals surface area contributed by atoms with Crippen LogP contribution in [0.15, 0.2) is 40.8 Å². The zero-order valence-corrected chi connectivity index (χ0v) is 19.1. The summed E-state index contributed by atoms with van der Waals surface area (Å²) in [5, 5.41) is 12.4. The number of nitrogens with one attached hydrogen (secondary N) is 1. The lowest BCUT2D eigenvalue weighted by Gasteiger charge is -2.19. The molecule has 3 heterocycles. The number of methoxy groups -OCH3 is 1. The summed E-state index contributed by atoms with van der Waals surface area (Å²) >= 11 is 6.10. The van der Waals surface area contributed by atoms with Crippen LogP contribution >= 0.6 is 11.6 Å². The summed E-state index contributed by atoms with van der Waals surface area (Å²) < 4.78 is 13.2. The van der Waals surface area contributed by atoms with E-state index in [1.54, 1.807) is 7.11 Å². The van der Waals surface area contributed by atoms with Gasteiger partial charge in [-0.05, 0) is 31.2 Å². The number of hydrogen-bond acceptors (Lipinski definition) is 6. The van der Waals surface area contributed by atoms with Crippen molar-refractivity contribution < 1.29 is 13.9 Å². The standard InChI is InChI=1S/C23H28ClN5O3/c1-16(25-22(30)9-13-31-2)23-27-26-21-8-10-28(11-12-29(21)23)15-19-6-7-20(32-19)17-4-3-5-18(24)14-17/h3-7,14,16H,8-13,15H2,1-2H3,(H,25,30)/t16-/m0/s1. The molecule has 8 nitrogen and oxygen atoms in total. The van der Waals surface area contributed by atoms with Gasteiger partial charge in [0.2, 0.25) is 5.91 Å². The average Bonchev–Trinajstić information content (AvgIpc) is 3.36. The molecule has 9 heteroatoms. The van der Waals surface area contributed by atoms with Crippen LogP contribution in [0.5, 0.6) is 0 Å². The van der Waals surface area contributed by atoms with Crippen molar-refractivity contribution in [3.05, 3.63) is 58.8 Å². The van der Waals surface area contributed by atoms with Gasteiger partial charge in [-0.15, -0.1) is 10.2 Å². The fraction of sp³-hybridized carbons (Fsp3) is 0.435. The number of benzene rings is 1. The van der Waals surface area contributed by atoms with E-state index >= 15 is 0 Å². The molecule has 1 aliphatic heterocycles. The highest BCUT2D eigenvalue weighted by Gasteiger charge is 2.23. The summed E-state index contributed by atoms with van der Waals surface area (Å²) in [5.41, 5.74) is 0.969. The Bertz CT molecular complexity index is 1060. The molecule has 0 saturated carbocycles. The maximum absolute atomic E-state index is 12.0. The molecule has 1 N–H and O–H groups in total. The molecule has 0 spiro atoms. The summed E-state index contributed by atoms with van der Waals surface area (Å²) in [4.78, 5) is 14.4. The molecule has 0 radical (unpaired) electrons. The van der Waals surface area contributed by atoms with Gasteiger partial charge < -0.3 is 19.0 Å². The van der Waals surface area contributed by atoms with Crippen molar-refractivity contribution in [2.75, 3.05) is 26.8 Å². The van der Waals surface area contributed by atoms with Gasteiger partial charge in [0.1, 0.15) is 17.3 Å². The quantitative estimate of drug-likeness (QED) is 0.557. The van der Waals surface area contributed by atoms with E-state index in [1.165, 1.54) is 0 Å². The van der Waals surface area contributed by atoms with Crippen LogP contribution in [0.1, 0.15) is 36.8 Å². The summed E-state index contributed by atoms with van der Waals surface area (Å²) in [6, 6.07) is 11.5. The van der Waals surface area contributed by atoms with Crippen molar-refractivity contribution in [3.8, 4) is 11.3 Å². The number of rotatable bonds is 8. The Morgan fingerprint density at radius 2 is 2.12 bits per heavy atom. The average molecular weight is 458 g/mol. The Hall–Kier alpha value is -2.68. The minimum atomic E-state index is -0.211. The minimum Gasteiger partial charge on any atom is -0.460 e. The van der Waals surface area contributed by atoms with Crippen LogP contribution < -0.4 is 5.32 Å². The van der Waals surface area contributed by atoms with Gasteiger partial charge in [0.05, 0.1) is 19.2 Å². The normalized spacial score (nSPS) is 15.2. The molecule has 0 saturated heterocycles. The number of hydrogen-bond donors (Lipinski definition) is 1. The van der Waals surface area contributed by atoms with Crippen molar-refractivity contribution >= 4 is 17.5 Å². The van der Waals surface area contributed by atoms with Crippen LogP contribution in [0.2, 0.25) is 5.02 Å². The lowest BCUT2D eigenvalue weighted by Crippen LogP contribution is -2.30. The van der Waals surface area contributed by atoms with E-state index in [-0.39, 0.29) is 11.9 Å². The van der Waals surface area contributed by atoms with Gasteiger partial charge >= 0.3 is 0 Å². The molecule has 32 heavy (non-hydrogen) atoms. The Morgan fingerprint density at radius 3 is 2.94 bits per heavy atom. The first-order valence-electron chi connectivity index (χ1n) is 10.8. The number of fused-ring (bicyclic) bond motifs is 1. The van der Waals surface area contributed by atoms with E-state index in [2.05, 4.69) is 25.0 Å². The summed E-state index contributed by atoms with van der Waals surface area (Å²) in [5.74, 6) is 3.40. The van der Waals surface area contributed by atoms with Crippen molar-refractivity contribution in [1.29, 1.82) is 0 Å². The first kappa shape index (κ1) is 22.5. The Balaban J connectivity index is 1.37. The lowest BCUT2D eigenvalue weighted by molar-refractivity contribution is -0.122. The highest BCUT2D eigenvalue weighted by atomic mass is 35.5. The van der Waals surface area contributed by atoms with Gasteiger partial charge in [-0.25, -0.2) is 0 Å².